The first kappa shape index (κ1) is 20.6. The Kier molecular flexibility index (Phi) is 6.50. The first-order chi connectivity index (χ1) is 14.6. The Morgan fingerprint density at radius 1 is 1.17 bits per heavy atom. The van der Waals surface area contributed by atoms with E-state index in [4.69, 9.17) is 11.6 Å². The molecule has 4 rings (SSSR count). The Labute approximate surface area is 183 Å². The van der Waals surface area contributed by atoms with Gasteiger partial charge in [-0.2, -0.15) is 4.98 Å². The average Bonchev–Trinajstić information content (AvgIpc) is 3.25. The minimum Gasteiger partial charge on any atom is -0.351 e. The molecule has 2 heterocycles. The van der Waals surface area contributed by atoms with Crippen LogP contribution in [0.4, 0.5) is 0 Å². The van der Waals surface area contributed by atoms with E-state index in [1.54, 1.807) is 22.9 Å². The molecule has 1 aromatic carbocycles. The number of fused-ring (bicyclic) bond motifs is 1. The summed E-state index contributed by atoms with van der Waals surface area (Å²) < 4.78 is 1.72. The highest BCUT2D eigenvalue weighted by molar-refractivity contribution is 7.99. The Morgan fingerprint density at radius 2 is 2.00 bits per heavy atom. The zero-order chi connectivity index (χ0) is 20.9. The molecule has 30 heavy (non-hydrogen) atoms. The van der Waals surface area contributed by atoms with Crippen molar-refractivity contribution >= 4 is 29.3 Å². The quantitative estimate of drug-likeness (QED) is 0.451. The lowest BCUT2D eigenvalue weighted by molar-refractivity contribution is -0.118. The SMILES string of the molecule is O=C(CSc1nc(=O)n(Cc2ccccn2)c2c1CCC2)NCc1ccc(Cl)cc1. The first-order valence-corrected chi connectivity index (χ1v) is 11.1. The largest absolute Gasteiger partial charge is 0.351 e. The number of hydrogen-bond donors (Lipinski definition) is 1. The van der Waals surface area contributed by atoms with E-state index in [-0.39, 0.29) is 17.3 Å². The fourth-order valence-corrected chi connectivity index (χ4v) is 4.54. The molecule has 0 saturated heterocycles. The summed E-state index contributed by atoms with van der Waals surface area (Å²) in [4.78, 5) is 33.6. The zero-order valence-corrected chi connectivity index (χ0v) is 17.9. The molecule has 0 unspecified atom stereocenters. The molecule has 0 radical (unpaired) electrons. The van der Waals surface area contributed by atoms with E-state index in [9.17, 15) is 9.59 Å². The third-order valence-corrected chi connectivity index (χ3v) is 6.26. The summed E-state index contributed by atoms with van der Waals surface area (Å²) in [6.07, 6.45) is 4.43. The van der Waals surface area contributed by atoms with Crippen molar-refractivity contribution < 1.29 is 4.79 Å². The van der Waals surface area contributed by atoms with Crippen LogP contribution in [0.25, 0.3) is 0 Å². The molecule has 0 fully saturated rings. The Bertz CT molecular complexity index is 1100. The van der Waals surface area contributed by atoms with Gasteiger partial charge in [0.05, 0.1) is 18.0 Å². The van der Waals surface area contributed by atoms with Crippen LogP contribution >= 0.6 is 23.4 Å². The van der Waals surface area contributed by atoms with Gasteiger partial charge in [-0.3, -0.25) is 14.3 Å². The molecule has 0 atom stereocenters. The van der Waals surface area contributed by atoms with E-state index in [0.717, 1.165) is 41.8 Å². The molecular formula is C22H21ClN4O2S. The van der Waals surface area contributed by atoms with Gasteiger partial charge in [-0.15, -0.1) is 0 Å². The van der Waals surface area contributed by atoms with Crippen LogP contribution in [0.2, 0.25) is 5.02 Å². The summed E-state index contributed by atoms with van der Waals surface area (Å²) in [7, 11) is 0. The van der Waals surface area contributed by atoms with Gasteiger partial charge in [0.25, 0.3) is 0 Å². The second-order valence-corrected chi connectivity index (χ2v) is 8.48. The number of halogens is 1. The minimum absolute atomic E-state index is 0.0961. The summed E-state index contributed by atoms with van der Waals surface area (Å²) in [6.45, 7) is 0.856. The van der Waals surface area contributed by atoms with E-state index in [1.165, 1.54) is 11.8 Å². The van der Waals surface area contributed by atoms with E-state index >= 15 is 0 Å². The molecule has 8 heteroatoms. The molecular weight excluding hydrogens is 420 g/mol. The van der Waals surface area contributed by atoms with Crippen molar-refractivity contribution in [3.05, 3.63) is 86.7 Å². The van der Waals surface area contributed by atoms with Gasteiger partial charge >= 0.3 is 5.69 Å². The Morgan fingerprint density at radius 3 is 2.77 bits per heavy atom. The van der Waals surface area contributed by atoms with E-state index in [0.29, 0.717) is 23.1 Å². The Hall–Kier alpha value is -2.64. The summed E-state index contributed by atoms with van der Waals surface area (Å²) in [6, 6.07) is 13.0. The smallest absolute Gasteiger partial charge is 0.349 e. The van der Waals surface area contributed by atoms with Crippen molar-refractivity contribution in [1.29, 1.82) is 0 Å². The van der Waals surface area contributed by atoms with Crippen molar-refractivity contribution in [3.8, 4) is 0 Å². The predicted molar refractivity (Wildman–Crippen MR) is 118 cm³/mol. The maximum absolute atomic E-state index is 12.7. The van der Waals surface area contributed by atoms with Crippen LogP contribution < -0.4 is 11.0 Å². The second-order valence-electron chi connectivity index (χ2n) is 7.08. The number of nitrogens with one attached hydrogen (secondary N) is 1. The topological polar surface area (TPSA) is 76.9 Å². The number of carbonyl (C=O) groups is 1. The Balaban J connectivity index is 1.42. The van der Waals surface area contributed by atoms with Crippen LogP contribution in [0.3, 0.4) is 0 Å². The van der Waals surface area contributed by atoms with Crippen LogP contribution in [-0.2, 0) is 30.7 Å². The number of rotatable bonds is 7. The molecule has 6 nitrogen and oxygen atoms in total. The maximum atomic E-state index is 12.7. The van der Waals surface area contributed by atoms with Crippen LogP contribution in [0.5, 0.6) is 0 Å². The highest BCUT2D eigenvalue weighted by Crippen LogP contribution is 2.29. The number of thioether (sulfide) groups is 1. The van der Waals surface area contributed by atoms with Crippen LogP contribution in [0.15, 0.2) is 58.5 Å². The zero-order valence-electron chi connectivity index (χ0n) is 16.3. The summed E-state index contributed by atoms with van der Waals surface area (Å²) in [5.74, 6) is 0.123. The van der Waals surface area contributed by atoms with Gasteiger partial charge in [-0.05, 0) is 49.1 Å². The summed E-state index contributed by atoms with van der Waals surface area (Å²) >= 11 is 7.21. The molecule has 154 valence electrons. The maximum Gasteiger partial charge on any atom is 0.349 e. The number of benzene rings is 1. The fraction of sp³-hybridized carbons (Fsp3) is 0.273. The van der Waals surface area contributed by atoms with Crippen LogP contribution in [-0.4, -0.2) is 26.2 Å². The van der Waals surface area contributed by atoms with Crippen molar-refractivity contribution in [1.82, 2.24) is 19.9 Å². The predicted octanol–water partition coefficient (Wildman–Crippen LogP) is 3.24. The number of hydrogen-bond acceptors (Lipinski definition) is 5. The van der Waals surface area contributed by atoms with Crippen molar-refractivity contribution in [3.63, 3.8) is 0 Å². The normalized spacial score (nSPS) is 12.6. The van der Waals surface area contributed by atoms with Crippen molar-refractivity contribution in [2.75, 3.05) is 5.75 Å². The van der Waals surface area contributed by atoms with Gasteiger partial charge < -0.3 is 5.32 Å². The standard InChI is InChI=1S/C22H21ClN4O2S/c23-16-9-7-15(8-10-16)12-25-20(28)14-30-21-18-5-3-6-19(18)27(22(29)26-21)13-17-4-1-2-11-24-17/h1-2,4,7-11H,3,5-6,12-14H2,(H,25,28). The van der Waals surface area contributed by atoms with Gasteiger partial charge in [-0.25, -0.2) is 4.79 Å². The van der Waals surface area contributed by atoms with Gasteiger partial charge in [0, 0.05) is 29.0 Å². The number of carbonyl (C=O) groups excluding carboxylic acids is 1. The molecule has 0 bridgehead atoms. The molecule has 0 aliphatic heterocycles. The number of amides is 1. The lowest BCUT2D eigenvalue weighted by Gasteiger charge is -2.14. The van der Waals surface area contributed by atoms with E-state index in [2.05, 4.69) is 15.3 Å². The molecule has 1 aliphatic rings. The summed E-state index contributed by atoms with van der Waals surface area (Å²) in [5, 5.41) is 4.23. The average molecular weight is 441 g/mol. The van der Waals surface area contributed by atoms with Gasteiger partial charge in [0.15, 0.2) is 0 Å². The third-order valence-electron chi connectivity index (χ3n) is 4.99. The fourth-order valence-electron chi connectivity index (χ4n) is 3.51. The second kappa shape index (κ2) is 9.45. The molecule has 2 aromatic heterocycles. The number of aromatic nitrogens is 3. The molecule has 1 amide bonds. The molecule has 1 aliphatic carbocycles. The monoisotopic (exact) mass is 440 g/mol. The van der Waals surface area contributed by atoms with Crippen molar-refractivity contribution in [2.45, 2.75) is 37.4 Å². The van der Waals surface area contributed by atoms with Gasteiger partial charge in [0.1, 0.15) is 5.03 Å². The third kappa shape index (κ3) is 4.91. The van der Waals surface area contributed by atoms with E-state index in [1.807, 2.05) is 30.3 Å². The highest BCUT2D eigenvalue weighted by Gasteiger charge is 2.22. The number of pyridine rings is 1. The molecule has 0 spiro atoms. The number of nitrogens with zero attached hydrogens (tertiary/aromatic N) is 3. The lowest BCUT2D eigenvalue weighted by atomic mass is 10.2. The van der Waals surface area contributed by atoms with E-state index < -0.39 is 0 Å². The molecule has 3 aromatic rings. The van der Waals surface area contributed by atoms with Gasteiger partial charge in [-0.1, -0.05) is 41.6 Å². The van der Waals surface area contributed by atoms with Crippen LogP contribution in [0, 0.1) is 0 Å². The minimum atomic E-state index is -0.287. The highest BCUT2D eigenvalue weighted by atomic mass is 35.5. The van der Waals surface area contributed by atoms with Crippen molar-refractivity contribution in [2.24, 2.45) is 0 Å². The summed E-state index contributed by atoms with van der Waals surface area (Å²) in [5.41, 5.74) is 3.63. The van der Waals surface area contributed by atoms with Crippen LogP contribution in [0.1, 0.15) is 28.9 Å². The first-order valence-electron chi connectivity index (χ1n) is 9.76. The molecule has 1 N–H and O–H groups in total. The van der Waals surface area contributed by atoms with Gasteiger partial charge in [0.2, 0.25) is 5.91 Å². The lowest BCUT2D eigenvalue weighted by Crippen LogP contribution is -2.29. The molecule has 0 saturated carbocycles.